The zero-order chi connectivity index (χ0) is 14.7. The van der Waals surface area contributed by atoms with E-state index in [0.717, 1.165) is 10.2 Å². The molecule has 0 saturated carbocycles. The Hall–Kier alpha value is -0.800. The number of rotatable bonds is 4. The minimum atomic E-state index is 0.187. The number of ether oxygens (including phenoxy) is 1. The molecule has 1 atom stereocenters. The lowest BCUT2D eigenvalue weighted by Crippen LogP contribution is -2.05. The maximum Gasteiger partial charge on any atom is 0.119 e. The van der Waals surface area contributed by atoms with E-state index in [1.54, 1.807) is 0 Å². The van der Waals surface area contributed by atoms with Crippen molar-refractivity contribution in [2.24, 2.45) is 0 Å². The highest BCUT2D eigenvalue weighted by atomic mass is 79.9. The maximum atomic E-state index is 5.67. The normalized spacial score (nSPS) is 12.5. The van der Waals surface area contributed by atoms with Crippen LogP contribution in [0.1, 0.15) is 35.4 Å². The molecule has 0 amide bonds. The van der Waals surface area contributed by atoms with Crippen LogP contribution in [0.25, 0.3) is 0 Å². The van der Waals surface area contributed by atoms with Crippen molar-refractivity contribution in [1.82, 2.24) is 0 Å². The van der Waals surface area contributed by atoms with Gasteiger partial charge in [0.2, 0.25) is 0 Å². The number of halogens is 2. The first-order valence-electron chi connectivity index (χ1n) is 6.63. The number of hydrogen-bond acceptors (Lipinski definition) is 1. The van der Waals surface area contributed by atoms with E-state index in [4.69, 9.17) is 4.74 Å². The quantitative estimate of drug-likeness (QED) is 0.572. The molecular formula is C17H18Br2O. The monoisotopic (exact) mass is 396 g/mol. The molecule has 2 rings (SSSR count). The molecule has 0 spiro atoms. The summed E-state index contributed by atoms with van der Waals surface area (Å²) in [6, 6.07) is 14.7. The molecule has 0 saturated heterocycles. The Morgan fingerprint density at radius 2 is 1.60 bits per heavy atom. The van der Waals surface area contributed by atoms with Crippen LogP contribution in [-0.2, 0) is 0 Å². The van der Waals surface area contributed by atoms with Gasteiger partial charge in [-0.1, -0.05) is 50.1 Å². The Labute approximate surface area is 137 Å². The first kappa shape index (κ1) is 15.6. The van der Waals surface area contributed by atoms with E-state index in [1.165, 1.54) is 16.7 Å². The number of benzene rings is 2. The molecule has 2 aromatic rings. The van der Waals surface area contributed by atoms with Crippen LogP contribution in [0.5, 0.6) is 5.75 Å². The molecule has 0 aliphatic heterocycles. The third-order valence-corrected chi connectivity index (χ3v) is 4.42. The van der Waals surface area contributed by atoms with Gasteiger partial charge in [0.25, 0.3) is 0 Å². The van der Waals surface area contributed by atoms with Crippen LogP contribution in [0.4, 0.5) is 0 Å². The van der Waals surface area contributed by atoms with Crippen LogP contribution in [0, 0.1) is 6.92 Å². The molecule has 106 valence electrons. The minimum Gasteiger partial charge on any atom is -0.491 e. The van der Waals surface area contributed by atoms with Gasteiger partial charge in [0.1, 0.15) is 5.75 Å². The molecule has 0 aliphatic carbocycles. The maximum absolute atomic E-state index is 5.67. The van der Waals surface area contributed by atoms with Crippen molar-refractivity contribution in [3.63, 3.8) is 0 Å². The smallest absolute Gasteiger partial charge is 0.119 e. The largest absolute Gasteiger partial charge is 0.491 e. The van der Waals surface area contributed by atoms with Crippen LogP contribution in [0.3, 0.4) is 0 Å². The van der Waals surface area contributed by atoms with E-state index < -0.39 is 0 Å². The fourth-order valence-corrected chi connectivity index (χ4v) is 3.29. The molecule has 0 bridgehead atoms. The van der Waals surface area contributed by atoms with Crippen molar-refractivity contribution in [3.8, 4) is 5.75 Å². The molecule has 0 radical (unpaired) electrons. The molecule has 1 unspecified atom stereocenters. The summed E-state index contributed by atoms with van der Waals surface area (Å²) in [5.74, 6) is 0.911. The fourth-order valence-electron chi connectivity index (χ4n) is 2.09. The van der Waals surface area contributed by atoms with Gasteiger partial charge < -0.3 is 4.74 Å². The second-order valence-electron chi connectivity index (χ2n) is 5.16. The van der Waals surface area contributed by atoms with E-state index in [2.05, 4.69) is 69.1 Å². The Balaban J connectivity index is 2.22. The van der Waals surface area contributed by atoms with Crippen molar-refractivity contribution in [2.75, 3.05) is 0 Å². The van der Waals surface area contributed by atoms with Gasteiger partial charge in [-0.15, -0.1) is 0 Å². The van der Waals surface area contributed by atoms with Crippen molar-refractivity contribution < 1.29 is 4.74 Å². The molecule has 2 aromatic carbocycles. The third-order valence-electron chi connectivity index (χ3n) is 2.90. The summed E-state index contributed by atoms with van der Waals surface area (Å²) in [6.45, 7) is 6.17. The lowest BCUT2D eigenvalue weighted by atomic mass is 10.0. The van der Waals surface area contributed by atoms with E-state index in [0.29, 0.717) is 0 Å². The van der Waals surface area contributed by atoms with Crippen LogP contribution in [0.15, 0.2) is 46.9 Å². The van der Waals surface area contributed by atoms with Gasteiger partial charge in [-0.2, -0.15) is 0 Å². The molecule has 0 N–H and O–H groups in total. The van der Waals surface area contributed by atoms with Crippen LogP contribution in [-0.4, -0.2) is 6.10 Å². The Kier molecular flexibility index (Phi) is 5.28. The van der Waals surface area contributed by atoms with Gasteiger partial charge >= 0.3 is 0 Å². The molecule has 0 fully saturated rings. The van der Waals surface area contributed by atoms with Crippen molar-refractivity contribution in [2.45, 2.75) is 31.7 Å². The second-order valence-corrected chi connectivity index (χ2v) is 6.99. The number of aryl methyl sites for hydroxylation is 1. The predicted molar refractivity (Wildman–Crippen MR) is 91.9 cm³/mol. The third kappa shape index (κ3) is 4.10. The van der Waals surface area contributed by atoms with Gasteiger partial charge in [0.15, 0.2) is 0 Å². The summed E-state index contributed by atoms with van der Waals surface area (Å²) in [7, 11) is 0. The lowest BCUT2D eigenvalue weighted by molar-refractivity contribution is 0.242. The van der Waals surface area contributed by atoms with Gasteiger partial charge in [-0.05, 0) is 61.7 Å². The summed E-state index contributed by atoms with van der Waals surface area (Å²) in [4.78, 5) is 0.187. The van der Waals surface area contributed by atoms with Crippen LogP contribution < -0.4 is 4.74 Å². The summed E-state index contributed by atoms with van der Waals surface area (Å²) in [6.07, 6.45) is 0.202. The van der Waals surface area contributed by atoms with Gasteiger partial charge in [0, 0.05) is 4.47 Å². The molecule has 0 aromatic heterocycles. The summed E-state index contributed by atoms with van der Waals surface area (Å²) in [5.41, 5.74) is 3.71. The number of alkyl halides is 1. The number of hydrogen-bond donors (Lipinski definition) is 0. The highest BCUT2D eigenvalue weighted by Crippen LogP contribution is 2.33. The Morgan fingerprint density at radius 3 is 2.15 bits per heavy atom. The molecular weight excluding hydrogens is 380 g/mol. The first-order valence-corrected chi connectivity index (χ1v) is 8.34. The zero-order valence-corrected chi connectivity index (χ0v) is 15.0. The predicted octanol–water partition coefficient (Wildman–Crippen LogP) is 6.03. The average Bonchev–Trinajstić information content (AvgIpc) is 2.37. The van der Waals surface area contributed by atoms with Gasteiger partial charge in [-0.25, -0.2) is 0 Å². The highest BCUT2D eigenvalue weighted by molar-refractivity contribution is 9.10. The van der Waals surface area contributed by atoms with Crippen molar-refractivity contribution >= 4 is 31.9 Å². The minimum absolute atomic E-state index is 0.187. The Morgan fingerprint density at radius 1 is 0.950 bits per heavy atom. The highest BCUT2D eigenvalue weighted by Gasteiger charge is 2.11. The molecule has 1 nitrogen and oxygen atoms in total. The average molecular weight is 398 g/mol. The van der Waals surface area contributed by atoms with Crippen LogP contribution in [0.2, 0.25) is 0 Å². The molecule has 3 heteroatoms. The SMILES string of the molecule is Cc1cc(Br)cc(C(Br)c2ccc(OC(C)C)cc2)c1. The van der Waals surface area contributed by atoms with Crippen molar-refractivity contribution in [3.05, 3.63) is 63.6 Å². The van der Waals surface area contributed by atoms with Crippen molar-refractivity contribution in [1.29, 1.82) is 0 Å². The first-order chi connectivity index (χ1) is 9.45. The fraction of sp³-hybridized carbons (Fsp3) is 0.294. The van der Waals surface area contributed by atoms with Gasteiger partial charge in [-0.3, -0.25) is 0 Å². The zero-order valence-electron chi connectivity index (χ0n) is 11.9. The molecule has 0 heterocycles. The summed E-state index contributed by atoms with van der Waals surface area (Å²) in [5, 5.41) is 0. The molecule has 20 heavy (non-hydrogen) atoms. The Bertz CT molecular complexity index is 556. The summed E-state index contributed by atoms with van der Waals surface area (Å²) < 4.78 is 6.78. The second kappa shape index (κ2) is 6.77. The standard InChI is InChI=1S/C17H18Br2O/c1-11(2)20-16-6-4-13(5-7-16)17(19)14-8-12(3)9-15(18)10-14/h4-11,17H,1-3H3. The van der Waals surface area contributed by atoms with Crippen LogP contribution >= 0.6 is 31.9 Å². The van der Waals surface area contributed by atoms with E-state index in [1.807, 2.05) is 26.0 Å². The molecule has 0 aliphatic rings. The van der Waals surface area contributed by atoms with E-state index in [9.17, 15) is 0 Å². The summed E-state index contributed by atoms with van der Waals surface area (Å²) >= 11 is 7.33. The lowest BCUT2D eigenvalue weighted by Gasteiger charge is -2.14. The van der Waals surface area contributed by atoms with Gasteiger partial charge in [0.05, 0.1) is 10.9 Å². The topological polar surface area (TPSA) is 9.23 Å². The van der Waals surface area contributed by atoms with E-state index >= 15 is 0 Å². The van der Waals surface area contributed by atoms with E-state index in [-0.39, 0.29) is 10.9 Å².